The number of rotatable bonds is 2. The van der Waals surface area contributed by atoms with Crippen LogP contribution in [-0.2, 0) is 13.6 Å². The summed E-state index contributed by atoms with van der Waals surface area (Å²) in [5, 5.41) is 0.415. The fourth-order valence-corrected chi connectivity index (χ4v) is 2.13. The van der Waals surface area contributed by atoms with Gasteiger partial charge in [0.2, 0.25) is 5.71 Å². The third-order valence-corrected chi connectivity index (χ3v) is 3.13. The van der Waals surface area contributed by atoms with Gasteiger partial charge in [-0.15, -0.1) is 0 Å². The van der Waals surface area contributed by atoms with Crippen LogP contribution in [0.4, 0.5) is 0 Å². The number of aryl methyl sites for hydroxylation is 1. The van der Waals surface area contributed by atoms with Crippen LogP contribution in [0, 0.1) is 0 Å². The summed E-state index contributed by atoms with van der Waals surface area (Å²) < 4.78 is 7.73. The van der Waals surface area contributed by atoms with Gasteiger partial charge in [-0.1, -0.05) is 30.3 Å². The Kier molecular flexibility index (Phi) is 2.59. The minimum atomic E-state index is -0.378. The van der Waals surface area contributed by atoms with Gasteiger partial charge in [-0.25, -0.2) is 4.79 Å². The second-order valence-electron chi connectivity index (χ2n) is 4.36. The van der Waals surface area contributed by atoms with Crippen LogP contribution in [0.15, 0.2) is 56.7 Å². The zero-order chi connectivity index (χ0) is 13.4. The lowest BCUT2D eigenvalue weighted by Gasteiger charge is -2.07. The Hall–Kier alpha value is -2.56. The highest BCUT2D eigenvalue weighted by Crippen LogP contribution is 2.08. The molecule has 0 saturated heterocycles. The number of aromatic nitrogens is 2. The molecule has 3 aromatic rings. The van der Waals surface area contributed by atoms with Gasteiger partial charge in [-0.2, -0.15) is 0 Å². The van der Waals surface area contributed by atoms with E-state index in [1.807, 2.05) is 30.3 Å². The van der Waals surface area contributed by atoms with Gasteiger partial charge in [0.1, 0.15) is 5.39 Å². The lowest BCUT2D eigenvalue weighted by Crippen LogP contribution is -2.38. The highest BCUT2D eigenvalue weighted by Gasteiger charge is 2.13. The van der Waals surface area contributed by atoms with Gasteiger partial charge < -0.3 is 4.42 Å². The van der Waals surface area contributed by atoms with Gasteiger partial charge in [-0.05, 0) is 11.6 Å². The standard InChI is InChI=1S/C14H12N2O3/c1-15-13-11(7-8-19-13)12(17)16(14(15)18)9-10-5-3-2-4-6-10/h2-8H,9H2,1H3. The fraction of sp³-hybridized carbons (Fsp3) is 0.143. The lowest BCUT2D eigenvalue weighted by atomic mass is 10.2. The summed E-state index contributed by atoms with van der Waals surface area (Å²) in [6.45, 7) is 0.257. The Labute approximate surface area is 108 Å². The molecule has 0 atom stereocenters. The van der Waals surface area contributed by atoms with Gasteiger partial charge in [0.15, 0.2) is 0 Å². The Balaban J connectivity index is 2.24. The van der Waals surface area contributed by atoms with Crippen molar-refractivity contribution in [1.82, 2.24) is 9.13 Å². The highest BCUT2D eigenvalue weighted by atomic mass is 16.3. The van der Waals surface area contributed by atoms with Crippen molar-refractivity contribution >= 4 is 11.1 Å². The van der Waals surface area contributed by atoms with Crippen LogP contribution in [-0.4, -0.2) is 9.13 Å². The predicted octanol–water partition coefficient (Wildman–Crippen LogP) is 1.34. The molecule has 5 heteroatoms. The fourth-order valence-electron chi connectivity index (χ4n) is 2.13. The lowest BCUT2D eigenvalue weighted by molar-refractivity contribution is 0.557. The highest BCUT2D eigenvalue weighted by molar-refractivity contribution is 5.71. The van der Waals surface area contributed by atoms with E-state index in [0.717, 1.165) is 5.56 Å². The number of furan rings is 1. The van der Waals surface area contributed by atoms with Crippen LogP contribution < -0.4 is 11.2 Å². The van der Waals surface area contributed by atoms with E-state index in [-0.39, 0.29) is 17.8 Å². The molecule has 0 spiro atoms. The molecule has 0 radical (unpaired) electrons. The van der Waals surface area contributed by atoms with Crippen LogP contribution in [0.25, 0.3) is 11.1 Å². The number of fused-ring (bicyclic) bond motifs is 1. The Morgan fingerprint density at radius 3 is 2.58 bits per heavy atom. The molecule has 0 aliphatic carbocycles. The van der Waals surface area contributed by atoms with Crippen molar-refractivity contribution in [2.75, 3.05) is 0 Å². The first-order valence-electron chi connectivity index (χ1n) is 5.89. The first kappa shape index (κ1) is 11.5. The summed E-state index contributed by atoms with van der Waals surface area (Å²) >= 11 is 0. The van der Waals surface area contributed by atoms with Crippen LogP contribution in [0.2, 0.25) is 0 Å². The van der Waals surface area contributed by atoms with Crippen molar-refractivity contribution in [3.05, 3.63) is 69.1 Å². The maximum absolute atomic E-state index is 12.3. The third-order valence-electron chi connectivity index (χ3n) is 3.13. The van der Waals surface area contributed by atoms with Crippen molar-refractivity contribution < 1.29 is 4.42 Å². The number of hydrogen-bond acceptors (Lipinski definition) is 3. The Bertz CT molecular complexity index is 840. The zero-order valence-electron chi connectivity index (χ0n) is 10.4. The summed E-state index contributed by atoms with van der Waals surface area (Å²) in [6, 6.07) is 11.0. The maximum atomic E-state index is 12.3. The predicted molar refractivity (Wildman–Crippen MR) is 71.3 cm³/mol. The molecular formula is C14H12N2O3. The summed E-state index contributed by atoms with van der Waals surface area (Å²) in [5.74, 6) is 0. The molecule has 0 bridgehead atoms. The summed E-state index contributed by atoms with van der Waals surface area (Å²) in [6.07, 6.45) is 1.42. The van der Waals surface area contributed by atoms with Crippen LogP contribution >= 0.6 is 0 Å². The van der Waals surface area contributed by atoms with Gasteiger partial charge in [0, 0.05) is 7.05 Å². The molecule has 19 heavy (non-hydrogen) atoms. The van der Waals surface area contributed by atoms with Crippen molar-refractivity contribution in [3.63, 3.8) is 0 Å². The van der Waals surface area contributed by atoms with E-state index in [4.69, 9.17) is 4.42 Å². The van der Waals surface area contributed by atoms with Crippen molar-refractivity contribution in [1.29, 1.82) is 0 Å². The van der Waals surface area contributed by atoms with Crippen LogP contribution in [0.5, 0.6) is 0 Å². The average Bonchev–Trinajstić information content (AvgIpc) is 2.92. The summed E-state index contributed by atoms with van der Waals surface area (Å²) in [7, 11) is 1.59. The molecule has 0 aliphatic rings. The number of hydrogen-bond donors (Lipinski definition) is 0. The Morgan fingerprint density at radius 2 is 1.84 bits per heavy atom. The van der Waals surface area contributed by atoms with E-state index in [0.29, 0.717) is 11.1 Å². The summed E-state index contributed by atoms with van der Waals surface area (Å²) in [4.78, 5) is 24.4. The van der Waals surface area contributed by atoms with Gasteiger partial charge in [-0.3, -0.25) is 13.9 Å². The average molecular weight is 256 g/mol. The largest absolute Gasteiger partial charge is 0.447 e. The van der Waals surface area contributed by atoms with Crippen molar-refractivity contribution in [2.45, 2.75) is 6.54 Å². The Morgan fingerprint density at radius 1 is 1.11 bits per heavy atom. The minimum absolute atomic E-state index is 0.257. The molecule has 1 aromatic carbocycles. The second kappa shape index (κ2) is 4.28. The second-order valence-corrected chi connectivity index (χ2v) is 4.36. The molecular weight excluding hydrogens is 244 g/mol. The molecule has 5 nitrogen and oxygen atoms in total. The van der Waals surface area contributed by atoms with Gasteiger partial charge in [0.05, 0.1) is 12.8 Å². The monoisotopic (exact) mass is 256 g/mol. The molecule has 0 unspecified atom stereocenters. The van der Waals surface area contributed by atoms with Crippen LogP contribution in [0.3, 0.4) is 0 Å². The van der Waals surface area contributed by atoms with E-state index >= 15 is 0 Å². The van der Waals surface area contributed by atoms with E-state index in [9.17, 15) is 9.59 Å². The van der Waals surface area contributed by atoms with Gasteiger partial charge in [0.25, 0.3) is 5.56 Å². The molecule has 0 amide bonds. The number of nitrogens with zero attached hydrogens (tertiary/aromatic N) is 2. The van der Waals surface area contributed by atoms with Crippen molar-refractivity contribution in [3.8, 4) is 0 Å². The topological polar surface area (TPSA) is 57.1 Å². The van der Waals surface area contributed by atoms with Crippen LogP contribution in [0.1, 0.15) is 5.56 Å². The quantitative estimate of drug-likeness (QED) is 0.695. The van der Waals surface area contributed by atoms with E-state index < -0.39 is 0 Å². The van der Waals surface area contributed by atoms with E-state index in [1.165, 1.54) is 15.4 Å². The molecule has 0 fully saturated rings. The summed E-state index contributed by atoms with van der Waals surface area (Å²) in [5.41, 5.74) is 0.510. The molecule has 0 aliphatic heterocycles. The van der Waals surface area contributed by atoms with Gasteiger partial charge >= 0.3 is 5.69 Å². The smallest absolute Gasteiger partial charge is 0.333 e. The normalized spacial score (nSPS) is 11.0. The molecule has 3 rings (SSSR count). The molecule has 2 aromatic heterocycles. The SMILES string of the molecule is Cn1c(=O)n(Cc2ccccc2)c(=O)c2ccoc21. The molecule has 0 saturated carbocycles. The zero-order valence-corrected chi connectivity index (χ0v) is 10.4. The maximum Gasteiger partial charge on any atom is 0.333 e. The van der Waals surface area contributed by atoms with Crippen molar-refractivity contribution in [2.24, 2.45) is 7.05 Å². The van der Waals surface area contributed by atoms with E-state index in [2.05, 4.69) is 0 Å². The molecule has 2 heterocycles. The third kappa shape index (κ3) is 1.79. The molecule has 0 N–H and O–H groups in total. The van der Waals surface area contributed by atoms with E-state index in [1.54, 1.807) is 13.1 Å². The number of benzene rings is 1. The first-order chi connectivity index (χ1) is 9.18. The minimum Gasteiger partial charge on any atom is -0.447 e. The first-order valence-corrected chi connectivity index (χ1v) is 5.89. The molecule has 96 valence electrons.